The smallest absolute Gasteiger partial charge is 0.279 e. The Hall–Kier alpha value is -2.57. The molecule has 0 radical (unpaired) electrons. The fraction of sp³-hybridized carbons (Fsp3) is 0.118. The van der Waals surface area contributed by atoms with Gasteiger partial charge in [-0.3, -0.25) is 4.79 Å². The van der Waals surface area contributed by atoms with E-state index in [1.54, 1.807) is 36.4 Å². The minimum Gasteiger partial charge on any atom is -0.510 e. The van der Waals surface area contributed by atoms with Gasteiger partial charge in [0.1, 0.15) is 11.5 Å². The molecular formula is C17H15Cl2N3O3. The Kier molecular flexibility index (Phi) is 6.38. The zero-order valence-electron chi connectivity index (χ0n) is 13.5. The number of nitrogens with zero attached hydrogens (tertiary/aromatic N) is 2. The van der Waals surface area contributed by atoms with Gasteiger partial charge in [0, 0.05) is 10.7 Å². The Bertz CT molecular complexity index is 830. The van der Waals surface area contributed by atoms with Crippen LogP contribution in [0.1, 0.15) is 6.92 Å². The second kappa shape index (κ2) is 8.50. The van der Waals surface area contributed by atoms with Crippen molar-refractivity contribution in [2.24, 2.45) is 10.2 Å². The van der Waals surface area contributed by atoms with Gasteiger partial charge in [-0.25, -0.2) is 0 Å². The first-order valence-corrected chi connectivity index (χ1v) is 7.88. The van der Waals surface area contributed by atoms with Gasteiger partial charge in [0.05, 0.1) is 17.8 Å². The zero-order valence-corrected chi connectivity index (χ0v) is 15.0. The number of halogens is 2. The molecular weight excluding hydrogens is 365 g/mol. The second-order valence-electron chi connectivity index (χ2n) is 4.91. The molecule has 0 aliphatic rings. The lowest BCUT2D eigenvalue weighted by Crippen LogP contribution is -2.14. The van der Waals surface area contributed by atoms with Crippen molar-refractivity contribution in [3.05, 3.63) is 64.0 Å². The van der Waals surface area contributed by atoms with Crippen LogP contribution < -0.4 is 10.1 Å². The van der Waals surface area contributed by atoms with Gasteiger partial charge in [-0.1, -0.05) is 23.2 Å². The quantitative estimate of drug-likeness (QED) is 0.407. The van der Waals surface area contributed by atoms with Gasteiger partial charge in [0.25, 0.3) is 5.91 Å². The molecule has 0 aliphatic carbocycles. The Morgan fingerprint density at radius 3 is 2.40 bits per heavy atom. The summed E-state index contributed by atoms with van der Waals surface area (Å²) in [6.45, 7) is 1.34. The van der Waals surface area contributed by atoms with Crippen LogP contribution in [0, 0.1) is 0 Å². The average molecular weight is 380 g/mol. The lowest BCUT2D eigenvalue weighted by molar-refractivity contribution is -0.113. The number of nitrogens with one attached hydrogen (secondary N) is 1. The van der Waals surface area contributed by atoms with Crippen LogP contribution in [0.15, 0.2) is 64.1 Å². The molecule has 0 spiro atoms. The number of allylic oxidation sites excluding steroid dienone is 1. The number of aliphatic hydroxyl groups excluding tert-OH is 1. The number of methoxy groups -OCH3 is 1. The molecule has 2 aromatic rings. The Labute approximate surface area is 154 Å². The predicted molar refractivity (Wildman–Crippen MR) is 97.9 cm³/mol. The molecule has 1 amide bonds. The lowest BCUT2D eigenvalue weighted by Gasteiger charge is -2.08. The summed E-state index contributed by atoms with van der Waals surface area (Å²) in [6.07, 6.45) is 0. The van der Waals surface area contributed by atoms with Crippen LogP contribution in [0.3, 0.4) is 0 Å². The van der Waals surface area contributed by atoms with Crippen LogP contribution in [0.4, 0.5) is 11.4 Å². The molecule has 0 atom stereocenters. The van der Waals surface area contributed by atoms with Crippen molar-refractivity contribution in [1.29, 1.82) is 0 Å². The number of anilines is 1. The first-order chi connectivity index (χ1) is 11.9. The molecule has 2 rings (SSSR count). The van der Waals surface area contributed by atoms with Crippen LogP contribution >= 0.6 is 23.2 Å². The van der Waals surface area contributed by atoms with E-state index in [9.17, 15) is 9.90 Å². The lowest BCUT2D eigenvalue weighted by atomic mass is 10.3. The first kappa shape index (κ1) is 18.8. The molecule has 6 nitrogen and oxygen atoms in total. The van der Waals surface area contributed by atoms with Crippen molar-refractivity contribution in [3.8, 4) is 5.75 Å². The highest BCUT2D eigenvalue weighted by atomic mass is 35.5. The molecule has 0 saturated carbocycles. The molecule has 2 aromatic carbocycles. The standard InChI is InChI=1S/C17H15Cl2N3O3/c1-10(23)16(22-21-12-5-3-11(18)4-6-12)17(24)20-13-7-8-15(25-2)14(19)9-13/h3-9,23H,1-2H3,(H,20,24). The number of benzene rings is 2. The second-order valence-corrected chi connectivity index (χ2v) is 5.76. The Balaban J connectivity index is 2.17. The molecule has 130 valence electrons. The Morgan fingerprint density at radius 2 is 1.84 bits per heavy atom. The number of carbonyl (C=O) groups excluding carboxylic acids is 1. The SMILES string of the molecule is COc1ccc(NC(=O)C(N=Nc2ccc(Cl)cc2)=C(C)O)cc1Cl. The number of hydrogen-bond acceptors (Lipinski definition) is 5. The average Bonchev–Trinajstić information content (AvgIpc) is 2.56. The molecule has 8 heteroatoms. The number of hydrogen-bond donors (Lipinski definition) is 2. The van der Waals surface area contributed by atoms with E-state index in [1.807, 2.05) is 0 Å². The number of rotatable bonds is 5. The summed E-state index contributed by atoms with van der Waals surface area (Å²) in [7, 11) is 1.49. The number of amides is 1. The van der Waals surface area contributed by atoms with E-state index in [0.717, 1.165) is 0 Å². The maximum Gasteiger partial charge on any atom is 0.279 e. The maximum absolute atomic E-state index is 12.3. The summed E-state index contributed by atoms with van der Waals surface area (Å²) >= 11 is 11.8. The third-order valence-electron chi connectivity index (χ3n) is 3.06. The summed E-state index contributed by atoms with van der Waals surface area (Å²) < 4.78 is 5.05. The number of ether oxygens (including phenoxy) is 1. The van der Waals surface area contributed by atoms with Gasteiger partial charge in [0.15, 0.2) is 5.70 Å². The summed E-state index contributed by atoms with van der Waals surface area (Å²) in [5.41, 5.74) is 0.696. The van der Waals surface area contributed by atoms with E-state index in [1.165, 1.54) is 20.1 Å². The molecule has 2 N–H and O–H groups in total. The molecule has 0 unspecified atom stereocenters. The van der Waals surface area contributed by atoms with Crippen molar-refractivity contribution < 1.29 is 14.6 Å². The van der Waals surface area contributed by atoms with Crippen molar-refractivity contribution in [2.75, 3.05) is 12.4 Å². The highest BCUT2D eigenvalue weighted by molar-refractivity contribution is 6.32. The van der Waals surface area contributed by atoms with E-state index in [2.05, 4.69) is 15.5 Å². The third-order valence-corrected chi connectivity index (χ3v) is 3.61. The van der Waals surface area contributed by atoms with Crippen molar-refractivity contribution in [1.82, 2.24) is 0 Å². The highest BCUT2D eigenvalue weighted by Crippen LogP contribution is 2.27. The summed E-state index contributed by atoms with van der Waals surface area (Å²) in [4.78, 5) is 12.3. The van der Waals surface area contributed by atoms with E-state index in [0.29, 0.717) is 27.2 Å². The summed E-state index contributed by atoms with van der Waals surface area (Å²) in [6, 6.07) is 11.3. The number of carbonyl (C=O) groups is 1. The third kappa shape index (κ3) is 5.20. The minimum absolute atomic E-state index is 0.220. The van der Waals surface area contributed by atoms with Crippen molar-refractivity contribution in [2.45, 2.75) is 6.92 Å². The van der Waals surface area contributed by atoms with Crippen LogP contribution in [0.5, 0.6) is 5.75 Å². The molecule has 0 heterocycles. The van der Waals surface area contributed by atoms with Gasteiger partial charge < -0.3 is 15.2 Å². The van der Waals surface area contributed by atoms with Gasteiger partial charge in [-0.15, -0.1) is 5.11 Å². The van der Waals surface area contributed by atoms with Crippen molar-refractivity contribution in [3.63, 3.8) is 0 Å². The molecule has 0 fully saturated rings. The maximum atomic E-state index is 12.3. The summed E-state index contributed by atoms with van der Waals surface area (Å²) in [5.74, 6) is -0.412. The van der Waals surface area contributed by atoms with Gasteiger partial charge >= 0.3 is 0 Å². The molecule has 0 saturated heterocycles. The topological polar surface area (TPSA) is 83.3 Å². The number of azo groups is 1. The van der Waals surface area contributed by atoms with E-state index >= 15 is 0 Å². The normalized spacial score (nSPS) is 12.0. The van der Waals surface area contributed by atoms with Gasteiger partial charge in [-0.05, 0) is 49.4 Å². The fourth-order valence-electron chi connectivity index (χ4n) is 1.83. The number of aliphatic hydroxyl groups is 1. The van der Waals surface area contributed by atoms with E-state index in [-0.39, 0.29) is 11.5 Å². The molecule has 0 aromatic heterocycles. The Morgan fingerprint density at radius 1 is 1.16 bits per heavy atom. The van der Waals surface area contributed by atoms with Gasteiger partial charge in [0.2, 0.25) is 0 Å². The van der Waals surface area contributed by atoms with Crippen LogP contribution in [0.25, 0.3) is 0 Å². The van der Waals surface area contributed by atoms with Crippen LogP contribution in [0.2, 0.25) is 10.0 Å². The van der Waals surface area contributed by atoms with E-state index in [4.69, 9.17) is 27.9 Å². The molecule has 0 bridgehead atoms. The highest BCUT2D eigenvalue weighted by Gasteiger charge is 2.14. The molecule has 0 aliphatic heterocycles. The fourth-order valence-corrected chi connectivity index (χ4v) is 2.22. The first-order valence-electron chi connectivity index (χ1n) is 7.12. The zero-order chi connectivity index (χ0) is 18.4. The van der Waals surface area contributed by atoms with E-state index < -0.39 is 5.91 Å². The predicted octanol–water partition coefficient (Wildman–Crippen LogP) is 5.51. The largest absolute Gasteiger partial charge is 0.510 e. The molecule has 25 heavy (non-hydrogen) atoms. The van der Waals surface area contributed by atoms with Gasteiger partial charge in [-0.2, -0.15) is 5.11 Å². The monoisotopic (exact) mass is 379 g/mol. The summed E-state index contributed by atoms with van der Waals surface area (Å²) in [5, 5.41) is 20.9. The van der Waals surface area contributed by atoms with Crippen molar-refractivity contribution >= 4 is 40.5 Å². The van der Waals surface area contributed by atoms with Crippen LogP contribution in [-0.2, 0) is 4.79 Å². The minimum atomic E-state index is -0.626. The van der Waals surface area contributed by atoms with Crippen LogP contribution in [-0.4, -0.2) is 18.1 Å².